The number of nitrogens with zero attached hydrogens (tertiary/aromatic N) is 4. The third-order valence-electron chi connectivity index (χ3n) is 5.21. The predicted molar refractivity (Wildman–Crippen MR) is 90.1 cm³/mol. The molecule has 2 aliphatic rings. The molecule has 1 amide bonds. The number of aromatic nitrogens is 3. The summed E-state index contributed by atoms with van der Waals surface area (Å²) in [6.45, 7) is 9.84. The Kier molecular flexibility index (Phi) is 4.92. The second-order valence-electron chi connectivity index (χ2n) is 8.07. The molecule has 1 aromatic rings. The molecule has 1 aromatic heterocycles. The van der Waals surface area contributed by atoms with E-state index in [2.05, 4.69) is 36.0 Å². The molecule has 0 aromatic carbocycles. The van der Waals surface area contributed by atoms with Crippen LogP contribution in [-0.2, 0) is 21.6 Å². The summed E-state index contributed by atoms with van der Waals surface area (Å²) in [6.07, 6.45) is 4.92. The van der Waals surface area contributed by atoms with Crippen LogP contribution in [0.3, 0.4) is 0 Å². The Morgan fingerprint density at radius 2 is 2.04 bits per heavy atom. The van der Waals surface area contributed by atoms with E-state index in [1.54, 1.807) is 0 Å². The van der Waals surface area contributed by atoms with E-state index in [1.165, 1.54) is 0 Å². The van der Waals surface area contributed by atoms with Crippen LogP contribution >= 0.6 is 0 Å². The van der Waals surface area contributed by atoms with Gasteiger partial charge in [-0.15, -0.1) is 5.10 Å². The summed E-state index contributed by atoms with van der Waals surface area (Å²) in [6, 6.07) is 0. The summed E-state index contributed by atoms with van der Waals surface area (Å²) in [5.74, 6) is 0.124. The maximum atomic E-state index is 11.6. The highest BCUT2D eigenvalue weighted by molar-refractivity contribution is 5.77. The molecule has 0 spiro atoms. The number of rotatable bonds is 4. The maximum Gasteiger partial charge on any atom is 0.223 e. The molecule has 2 saturated heterocycles. The van der Waals surface area contributed by atoms with Crippen molar-refractivity contribution in [1.29, 1.82) is 0 Å². The molecule has 134 valence electrons. The van der Waals surface area contributed by atoms with Crippen molar-refractivity contribution in [1.82, 2.24) is 19.9 Å². The second-order valence-corrected chi connectivity index (χ2v) is 8.07. The van der Waals surface area contributed by atoms with Gasteiger partial charge in [0, 0.05) is 13.2 Å². The number of hydrogen-bond acceptors (Lipinski definition) is 5. The van der Waals surface area contributed by atoms with Gasteiger partial charge in [0.15, 0.2) is 0 Å². The minimum atomic E-state index is -0.210. The van der Waals surface area contributed by atoms with Crippen molar-refractivity contribution in [3.05, 3.63) is 11.9 Å². The Labute approximate surface area is 143 Å². The van der Waals surface area contributed by atoms with Gasteiger partial charge in [-0.3, -0.25) is 9.69 Å². The van der Waals surface area contributed by atoms with Gasteiger partial charge in [0.05, 0.1) is 29.5 Å². The van der Waals surface area contributed by atoms with Crippen LogP contribution in [0.5, 0.6) is 0 Å². The van der Waals surface area contributed by atoms with Crippen molar-refractivity contribution in [3.8, 4) is 0 Å². The lowest BCUT2D eigenvalue weighted by molar-refractivity contribution is -0.124. The zero-order chi connectivity index (χ0) is 17.3. The van der Waals surface area contributed by atoms with E-state index in [4.69, 9.17) is 10.5 Å². The summed E-state index contributed by atoms with van der Waals surface area (Å²) in [5.41, 5.74) is 6.48. The van der Waals surface area contributed by atoms with Crippen molar-refractivity contribution in [2.24, 2.45) is 17.6 Å². The van der Waals surface area contributed by atoms with Crippen molar-refractivity contribution >= 4 is 5.91 Å². The summed E-state index contributed by atoms with van der Waals surface area (Å²) in [7, 11) is 0. The molecule has 7 heteroatoms. The summed E-state index contributed by atoms with van der Waals surface area (Å²) in [5, 5.41) is 8.52. The first-order valence-corrected chi connectivity index (χ1v) is 8.89. The van der Waals surface area contributed by atoms with Crippen molar-refractivity contribution in [2.75, 3.05) is 19.7 Å². The van der Waals surface area contributed by atoms with E-state index in [9.17, 15) is 4.79 Å². The highest BCUT2D eigenvalue weighted by Crippen LogP contribution is 2.33. The van der Waals surface area contributed by atoms with Crippen LogP contribution in [0.4, 0.5) is 0 Å². The average molecular weight is 335 g/mol. The van der Waals surface area contributed by atoms with E-state index in [0.717, 1.165) is 44.6 Å². The van der Waals surface area contributed by atoms with Crippen LogP contribution in [0.2, 0.25) is 0 Å². The van der Waals surface area contributed by atoms with E-state index in [1.807, 2.05) is 10.9 Å². The Morgan fingerprint density at radius 1 is 1.33 bits per heavy atom. The first-order valence-electron chi connectivity index (χ1n) is 8.89. The normalized spacial score (nSPS) is 26.8. The van der Waals surface area contributed by atoms with Gasteiger partial charge in [-0.05, 0) is 59.0 Å². The fraction of sp³-hybridized carbons (Fsp3) is 0.824. The molecule has 3 rings (SSSR count). The van der Waals surface area contributed by atoms with Crippen LogP contribution in [-0.4, -0.2) is 51.6 Å². The minimum absolute atomic E-state index is 0.0198. The van der Waals surface area contributed by atoms with Gasteiger partial charge in [-0.1, -0.05) is 5.21 Å². The Balaban J connectivity index is 1.52. The number of likely N-dealkylation sites (tertiary alicyclic amines) is 1. The summed E-state index contributed by atoms with van der Waals surface area (Å²) < 4.78 is 7.73. The van der Waals surface area contributed by atoms with Crippen LogP contribution in [0, 0.1) is 11.8 Å². The Bertz CT molecular complexity index is 572. The topological polar surface area (TPSA) is 86.3 Å². The quantitative estimate of drug-likeness (QED) is 0.891. The van der Waals surface area contributed by atoms with Gasteiger partial charge >= 0.3 is 0 Å². The lowest BCUT2D eigenvalue weighted by Gasteiger charge is -2.35. The zero-order valence-electron chi connectivity index (χ0n) is 14.9. The van der Waals surface area contributed by atoms with Crippen LogP contribution < -0.4 is 5.73 Å². The lowest BCUT2D eigenvalue weighted by Crippen LogP contribution is -2.41. The lowest BCUT2D eigenvalue weighted by atomic mass is 9.84. The predicted octanol–water partition coefficient (Wildman–Crippen LogP) is 1.14. The molecule has 2 atom stereocenters. The summed E-state index contributed by atoms with van der Waals surface area (Å²) in [4.78, 5) is 14.0. The minimum Gasteiger partial charge on any atom is -0.377 e. The van der Waals surface area contributed by atoms with Crippen molar-refractivity contribution in [2.45, 2.75) is 58.2 Å². The molecule has 2 fully saturated rings. The molecule has 0 aliphatic carbocycles. The van der Waals surface area contributed by atoms with E-state index in [0.29, 0.717) is 12.5 Å². The molecule has 0 bridgehead atoms. The Hall–Kier alpha value is -1.47. The van der Waals surface area contributed by atoms with Gasteiger partial charge < -0.3 is 10.5 Å². The molecular weight excluding hydrogens is 306 g/mol. The molecule has 0 unspecified atom stereocenters. The van der Waals surface area contributed by atoms with Crippen LogP contribution in [0.25, 0.3) is 0 Å². The van der Waals surface area contributed by atoms with Crippen molar-refractivity contribution < 1.29 is 9.53 Å². The molecule has 0 saturated carbocycles. The van der Waals surface area contributed by atoms with Gasteiger partial charge in [0.1, 0.15) is 0 Å². The fourth-order valence-corrected chi connectivity index (χ4v) is 3.75. The number of hydrogen-bond donors (Lipinski definition) is 1. The molecule has 2 N–H and O–H groups in total. The van der Waals surface area contributed by atoms with E-state index >= 15 is 0 Å². The zero-order valence-corrected chi connectivity index (χ0v) is 14.9. The SMILES string of the molecule is CC(C)(C)n1cc(CN2CCC([C@H]3OCC[C@@H]3C(N)=O)CC2)nn1. The summed E-state index contributed by atoms with van der Waals surface area (Å²) >= 11 is 0. The van der Waals surface area contributed by atoms with E-state index < -0.39 is 0 Å². The number of carbonyl (C=O) groups excluding carboxylic acids is 1. The standard InChI is InChI=1S/C17H29N5O2/c1-17(2,3)22-11-13(19-20-22)10-21-7-4-12(5-8-21)15-14(16(18)23)6-9-24-15/h11-12,14-15H,4-10H2,1-3H3,(H2,18,23)/t14-,15+/m0/s1. The first kappa shape index (κ1) is 17.4. The van der Waals surface area contributed by atoms with Gasteiger partial charge in [0.2, 0.25) is 5.91 Å². The van der Waals surface area contributed by atoms with Crippen molar-refractivity contribution in [3.63, 3.8) is 0 Å². The van der Waals surface area contributed by atoms with Gasteiger partial charge in [0.25, 0.3) is 0 Å². The second kappa shape index (κ2) is 6.80. The molecule has 0 radical (unpaired) electrons. The largest absolute Gasteiger partial charge is 0.377 e. The smallest absolute Gasteiger partial charge is 0.223 e. The third-order valence-corrected chi connectivity index (χ3v) is 5.21. The maximum absolute atomic E-state index is 11.6. The molecule has 2 aliphatic heterocycles. The number of nitrogens with two attached hydrogens (primary N) is 1. The number of amides is 1. The van der Waals surface area contributed by atoms with Crippen LogP contribution in [0.1, 0.15) is 45.7 Å². The highest BCUT2D eigenvalue weighted by atomic mass is 16.5. The number of ether oxygens (including phenoxy) is 1. The number of primary amides is 1. The monoisotopic (exact) mass is 335 g/mol. The fourth-order valence-electron chi connectivity index (χ4n) is 3.75. The Morgan fingerprint density at radius 3 is 2.62 bits per heavy atom. The van der Waals surface area contributed by atoms with Crippen LogP contribution in [0.15, 0.2) is 6.20 Å². The first-order chi connectivity index (χ1) is 11.3. The van der Waals surface area contributed by atoms with Gasteiger partial charge in [-0.25, -0.2) is 4.68 Å². The van der Waals surface area contributed by atoms with Gasteiger partial charge in [-0.2, -0.15) is 0 Å². The molecule has 3 heterocycles. The molecular formula is C17H29N5O2. The third kappa shape index (κ3) is 3.78. The molecule has 24 heavy (non-hydrogen) atoms. The highest BCUT2D eigenvalue weighted by Gasteiger charge is 2.39. The average Bonchev–Trinajstić information content (AvgIpc) is 3.16. The van der Waals surface area contributed by atoms with E-state index in [-0.39, 0.29) is 23.5 Å². The number of piperidine rings is 1. The molecule has 7 nitrogen and oxygen atoms in total. The number of carbonyl (C=O) groups is 1.